The van der Waals surface area contributed by atoms with Crippen LogP contribution >= 0.6 is 23.4 Å². The van der Waals surface area contributed by atoms with Crippen LogP contribution in [0, 0.1) is 10.1 Å². The summed E-state index contributed by atoms with van der Waals surface area (Å²) >= 11 is 7.18. The Morgan fingerprint density at radius 2 is 2.14 bits per heavy atom. The summed E-state index contributed by atoms with van der Waals surface area (Å²) in [6.07, 6.45) is 3.38. The molecule has 0 aliphatic rings. The lowest BCUT2D eigenvalue weighted by Gasteiger charge is -2.06. The highest BCUT2D eigenvalue weighted by molar-refractivity contribution is 7.98. The van der Waals surface area contributed by atoms with Crippen LogP contribution in [0.25, 0.3) is 0 Å². The molecule has 0 spiro atoms. The molecule has 2 rings (SSSR count). The van der Waals surface area contributed by atoms with Crippen molar-refractivity contribution < 1.29 is 9.72 Å². The quantitative estimate of drug-likeness (QED) is 0.527. The fourth-order valence-corrected chi connectivity index (χ4v) is 2.15. The van der Waals surface area contributed by atoms with E-state index in [1.165, 1.54) is 30.1 Å². The second-order valence-electron chi connectivity index (χ2n) is 3.96. The largest absolute Gasteiger partial charge is 0.320 e. The summed E-state index contributed by atoms with van der Waals surface area (Å²) in [7, 11) is 0. The molecule has 1 amide bonds. The molecule has 0 radical (unpaired) electrons. The monoisotopic (exact) mass is 323 g/mol. The summed E-state index contributed by atoms with van der Waals surface area (Å²) in [5.41, 5.74) is 0.0640. The molecule has 1 aromatic carbocycles. The Kier molecular flexibility index (Phi) is 4.77. The van der Waals surface area contributed by atoms with Gasteiger partial charge >= 0.3 is 0 Å². The Hall–Kier alpha value is -2.12. The number of nitrogens with one attached hydrogen (secondary N) is 1. The number of carbonyl (C=O) groups is 1. The minimum absolute atomic E-state index is 0.0571. The third-order valence-corrected chi connectivity index (χ3v) is 3.50. The first-order valence-corrected chi connectivity index (χ1v) is 7.37. The van der Waals surface area contributed by atoms with Crippen LogP contribution in [0.5, 0.6) is 0 Å². The van der Waals surface area contributed by atoms with Gasteiger partial charge in [0.15, 0.2) is 0 Å². The van der Waals surface area contributed by atoms with Crippen molar-refractivity contribution in [3.63, 3.8) is 0 Å². The van der Waals surface area contributed by atoms with Crippen molar-refractivity contribution >= 4 is 40.6 Å². The first-order chi connectivity index (χ1) is 10.0. The Morgan fingerprint density at radius 1 is 1.38 bits per heavy atom. The minimum Gasteiger partial charge on any atom is -0.320 e. The molecule has 0 fully saturated rings. The highest BCUT2D eigenvalue weighted by Gasteiger charge is 2.20. The molecule has 2 aromatic rings. The number of pyridine rings is 1. The van der Waals surface area contributed by atoms with Crippen LogP contribution in [-0.2, 0) is 0 Å². The van der Waals surface area contributed by atoms with Gasteiger partial charge in [0.2, 0.25) is 0 Å². The molecule has 0 unspecified atom stereocenters. The van der Waals surface area contributed by atoms with E-state index in [0.717, 1.165) is 11.1 Å². The van der Waals surface area contributed by atoms with E-state index in [4.69, 9.17) is 11.6 Å². The number of anilines is 1. The van der Waals surface area contributed by atoms with Gasteiger partial charge in [-0.3, -0.25) is 14.9 Å². The number of amides is 1. The molecule has 0 aliphatic heterocycles. The molecule has 21 heavy (non-hydrogen) atoms. The number of hydrogen-bond donors (Lipinski definition) is 1. The second kappa shape index (κ2) is 6.55. The van der Waals surface area contributed by atoms with Gasteiger partial charge in [0, 0.05) is 11.1 Å². The summed E-state index contributed by atoms with van der Waals surface area (Å²) in [5, 5.41) is 14.5. The topological polar surface area (TPSA) is 85.1 Å². The smallest absolute Gasteiger partial charge is 0.283 e. The zero-order valence-electron chi connectivity index (χ0n) is 10.9. The highest BCUT2D eigenvalue weighted by Crippen LogP contribution is 2.24. The van der Waals surface area contributed by atoms with Crippen molar-refractivity contribution in [2.75, 3.05) is 11.6 Å². The van der Waals surface area contributed by atoms with Gasteiger partial charge < -0.3 is 5.32 Å². The SMILES string of the molecule is CSc1ccc(NC(=O)c2ccc(Cl)cc2[N+](=O)[O-])cn1. The second-order valence-corrected chi connectivity index (χ2v) is 5.22. The van der Waals surface area contributed by atoms with Crippen molar-refractivity contribution in [3.05, 3.63) is 57.2 Å². The van der Waals surface area contributed by atoms with Crippen molar-refractivity contribution in [2.45, 2.75) is 5.03 Å². The zero-order chi connectivity index (χ0) is 15.4. The van der Waals surface area contributed by atoms with Gasteiger partial charge in [0.1, 0.15) is 5.56 Å². The van der Waals surface area contributed by atoms with E-state index in [2.05, 4.69) is 10.3 Å². The molecule has 1 heterocycles. The maximum atomic E-state index is 12.1. The van der Waals surface area contributed by atoms with Crippen LogP contribution in [-0.4, -0.2) is 22.1 Å². The lowest BCUT2D eigenvalue weighted by Crippen LogP contribution is -2.14. The van der Waals surface area contributed by atoms with Gasteiger partial charge in [-0.2, -0.15) is 0 Å². The van der Waals surface area contributed by atoms with Gasteiger partial charge in [-0.05, 0) is 30.5 Å². The molecule has 0 aliphatic carbocycles. The Balaban J connectivity index is 2.25. The summed E-state index contributed by atoms with van der Waals surface area (Å²) in [4.78, 5) is 26.5. The number of carbonyl (C=O) groups excluding carboxylic acids is 1. The number of nitro groups is 1. The average molecular weight is 324 g/mol. The van der Waals surface area contributed by atoms with Crippen LogP contribution in [0.15, 0.2) is 41.6 Å². The normalized spacial score (nSPS) is 10.2. The van der Waals surface area contributed by atoms with E-state index >= 15 is 0 Å². The number of nitro benzene ring substituents is 1. The molecule has 1 aromatic heterocycles. The van der Waals surface area contributed by atoms with Gasteiger partial charge in [0.25, 0.3) is 11.6 Å². The molecule has 6 nitrogen and oxygen atoms in total. The Morgan fingerprint density at radius 3 is 2.71 bits per heavy atom. The van der Waals surface area contributed by atoms with Crippen LogP contribution in [0.1, 0.15) is 10.4 Å². The minimum atomic E-state index is -0.643. The van der Waals surface area contributed by atoms with E-state index < -0.39 is 10.8 Å². The third kappa shape index (κ3) is 3.71. The molecule has 0 atom stereocenters. The molecule has 0 saturated carbocycles. The first kappa shape index (κ1) is 15.3. The molecule has 0 saturated heterocycles. The summed E-state index contributed by atoms with van der Waals surface area (Å²) in [6.45, 7) is 0. The third-order valence-electron chi connectivity index (χ3n) is 2.60. The first-order valence-electron chi connectivity index (χ1n) is 5.76. The van der Waals surface area contributed by atoms with E-state index in [0.29, 0.717) is 5.69 Å². The van der Waals surface area contributed by atoms with Crippen LogP contribution in [0.4, 0.5) is 11.4 Å². The molecule has 8 heteroatoms. The predicted molar refractivity (Wildman–Crippen MR) is 82.1 cm³/mol. The van der Waals surface area contributed by atoms with Crippen molar-refractivity contribution in [3.8, 4) is 0 Å². The predicted octanol–water partition coefficient (Wildman–Crippen LogP) is 3.62. The Labute approximate surface area is 129 Å². The number of halogens is 1. The van der Waals surface area contributed by atoms with Crippen molar-refractivity contribution in [1.29, 1.82) is 0 Å². The summed E-state index contributed by atoms with van der Waals surface area (Å²) < 4.78 is 0. The van der Waals surface area contributed by atoms with Gasteiger partial charge in [-0.15, -0.1) is 11.8 Å². The van der Waals surface area contributed by atoms with Crippen molar-refractivity contribution in [1.82, 2.24) is 4.98 Å². The van der Waals surface area contributed by atoms with Gasteiger partial charge in [-0.25, -0.2) is 4.98 Å². The van der Waals surface area contributed by atoms with E-state index in [1.807, 2.05) is 6.26 Å². The fraction of sp³-hybridized carbons (Fsp3) is 0.0769. The number of thioether (sulfide) groups is 1. The average Bonchev–Trinajstić information content (AvgIpc) is 2.47. The molecule has 0 bridgehead atoms. The number of aromatic nitrogens is 1. The Bertz CT molecular complexity index is 692. The molecular formula is C13H10ClN3O3S. The van der Waals surface area contributed by atoms with E-state index in [1.54, 1.807) is 12.1 Å². The van der Waals surface area contributed by atoms with Crippen LogP contribution < -0.4 is 5.32 Å². The molecular weight excluding hydrogens is 314 g/mol. The zero-order valence-corrected chi connectivity index (χ0v) is 12.4. The molecule has 1 N–H and O–H groups in total. The standard InChI is InChI=1S/C13H10ClN3O3S/c1-21-12-5-3-9(7-15-12)16-13(18)10-4-2-8(14)6-11(10)17(19)20/h2-7H,1H3,(H,16,18). The number of benzene rings is 1. The van der Waals surface area contributed by atoms with Gasteiger partial charge in [-0.1, -0.05) is 11.6 Å². The van der Waals surface area contributed by atoms with E-state index in [9.17, 15) is 14.9 Å². The van der Waals surface area contributed by atoms with E-state index in [-0.39, 0.29) is 16.3 Å². The lowest BCUT2D eigenvalue weighted by molar-refractivity contribution is -0.385. The van der Waals surface area contributed by atoms with Gasteiger partial charge in [0.05, 0.1) is 21.8 Å². The fourth-order valence-electron chi connectivity index (χ4n) is 1.62. The number of hydrogen-bond acceptors (Lipinski definition) is 5. The highest BCUT2D eigenvalue weighted by atomic mass is 35.5. The lowest BCUT2D eigenvalue weighted by atomic mass is 10.1. The van der Waals surface area contributed by atoms with Crippen molar-refractivity contribution in [2.24, 2.45) is 0 Å². The van der Waals surface area contributed by atoms with Crippen LogP contribution in [0.2, 0.25) is 5.02 Å². The summed E-state index contributed by atoms with van der Waals surface area (Å²) in [5.74, 6) is -0.586. The number of rotatable bonds is 4. The maximum absolute atomic E-state index is 12.1. The molecule has 108 valence electrons. The summed E-state index contributed by atoms with van der Waals surface area (Å²) in [6, 6.07) is 7.32. The number of nitrogens with zero attached hydrogens (tertiary/aromatic N) is 2. The maximum Gasteiger partial charge on any atom is 0.283 e. The van der Waals surface area contributed by atoms with Crippen LogP contribution in [0.3, 0.4) is 0 Å².